The molecule has 0 radical (unpaired) electrons. The third kappa shape index (κ3) is 8.98. The summed E-state index contributed by atoms with van der Waals surface area (Å²) in [5.74, 6) is 0.861. The van der Waals surface area contributed by atoms with Crippen LogP contribution in [0, 0.1) is 0 Å². The van der Waals surface area contributed by atoms with Crippen molar-refractivity contribution in [2.45, 2.75) is 51.2 Å². The number of hydrogen-bond acceptors (Lipinski definition) is 4. The van der Waals surface area contributed by atoms with Crippen LogP contribution < -0.4 is 10.5 Å². The second kappa shape index (κ2) is 12.9. The Labute approximate surface area is 183 Å². The van der Waals surface area contributed by atoms with Gasteiger partial charge in [-0.25, -0.2) is 0 Å². The highest BCUT2D eigenvalue weighted by Gasteiger charge is 2.30. The molecule has 1 saturated heterocycles. The monoisotopic (exact) mass is 442 g/mol. The fraction of sp³-hybridized carbons (Fsp3) is 0.478. The number of alkyl halides is 3. The lowest BCUT2D eigenvalue weighted by atomic mass is 10.1. The molecule has 0 unspecified atom stereocenters. The summed E-state index contributed by atoms with van der Waals surface area (Å²) in [5.41, 5.74) is 6.92. The topological polar surface area (TPSA) is 38.5 Å². The van der Waals surface area contributed by atoms with Crippen LogP contribution in [0.4, 0.5) is 13.2 Å². The zero-order valence-electron chi connectivity index (χ0n) is 18.1. The second-order valence-corrected chi connectivity index (χ2v) is 7.67. The van der Waals surface area contributed by atoms with Crippen LogP contribution in [0.2, 0.25) is 0 Å². The quantitative estimate of drug-likeness (QED) is 0.575. The van der Waals surface area contributed by atoms with Crippen molar-refractivity contribution in [3.05, 3.63) is 65.2 Å². The van der Waals surface area contributed by atoms with Crippen molar-refractivity contribution in [2.24, 2.45) is 5.73 Å². The first-order valence-electron chi connectivity index (χ1n) is 10.1. The Hall–Kier alpha value is -1.70. The van der Waals surface area contributed by atoms with E-state index in [1.54, 1.807) is 13.2 Å². The lowest BCUT2D eigenvalue weighted by molar-refractivity contribution is -0.137. The van der Waals surface area contributed by atoms with Gasteiger partial charge in [0.2, 0.25) is 0 Å². The number of rotatable bonds is 4. The number of likely N-dealkylation sites (tertiary alicyclic amines) is 1. The Morgan fingerprint density at radius 2 is 1.83 bits per heavy atom. The maximum Gasteiger partial charge on any atom is 0.416 e. The molecule has 1 aliphatic heterocycles. The van der Waals surface area contributed by atoms with Crippen molar-refractivity contribution in [3.63, 3.8) is 0 Å². The SMILES string of the molecule is CC.COc1cccc([C@@H](C)N)c1.FC(F)(F)c1cccc(CN2CC[C@H](S)C2)c1. The van der Waals surface area contributed by atoms with E-state index >= 15 is 0 Å². The highest BCUT2D eigenvalue weighted by Crippen LogP contribution is 2.30. The molecule has 0 saturated carbocycles. The first-order chi connectivity index (χ1) is 14.2. The molecule has 1 aliphatic rings. The second-order valence-electron chi connectivity index (χ2n) is 6.94. The van der Waals surface area contributed by atoms with Gasteiger partial charge in [0.1, 0.15) is 5.75 Å². The van der Waals surface area contributed by atoms with Crippen LogP contribution in [0.15, 0.2) is 48.5 Å². The Bertz CT molecular complexity index is 753. The van der Waals surface area contributed by atoms with E-state index in [0.717, 1.165) is 36.9 Å². The Balaban J connectivity index is 0.000000300. The molecule has 2 aromatic rings. The van der Waals surface area contributed by atoms with E-state index in [-0.39, 0.29) is 6.04 Å². The van der Waals surface area contributed by atoms with Crippen LogP contribution >= 0.6 is 12.6 Å². The molecule has 2 atom stereocenters. The van der Waals surface area contributed by atoms with Crippen molar-refractivity contribution in [1.29, 1.82) is 0 Å². The van der Waals surface area contributed by atoms with Gasteiger partial charge in [-0.3, -0.25) is 4.90 Å². The Morgan fingerprint density at radius 1 is 1.17 bits per heavy atom. The minimum absolute atomic E-state index is 0.0742. The zero-order valence-corrected chi connectivity index (χ0v) is 19.0. The van der Waals surface area contributed by atoms with Gasteiger partial charge in [0, 0.05) is 24.4 Å². The third-order valence-electron chi connectivity index (χ3n) is 4.53. The van der Waals surface area contributed by atoms with Gasteiger partial charge in [0.15, 0.2) is 0 Å². The maximum absolute atomic E-state index is 12.5. The van der Waals surface area contributed by atoms with E-state index in [9.17, 15) is 13.2 Å². The van der Waals surface area contributed by atoms with Crippen molar-refractivity contribution < 1.29 is 17.9 Å². The molecule has 1 fully saturated rings. The highest BCUT2D eigenvalue weighted by atomic mass is 32.1. The van der Waals surface area contributed by atoms with E-state index in [4.69, 9.17) is 10.5 Å². The minimum Gasteiger partial charge on any atom is -0.497 e. The zero-order chi connectivity index (χ0) is 22.7. The van der Waals surface area contributed by atoms with Crippen molar-refractivity contribution >= 4 is 12.6 Å². The van der Waals surface area contributed by atoms with Crippen LogP contribution in [-0.2, 0) is 12.7 Å². The van der Waals surface area contributed by atoms with Gasteiger partial charge >= 0.3 is 6.18 Å². The number of thiol groups is 1. The molecule has 0 bridgehead atoms. The molecule has 3 nitrogen and oxygen atoms in total. The number of ether oxygens (including phenoxy) is 1. The number of methoxy groups -OCH3 is 1. The van der Waals surface area contributed by atoms with Crippen molar-refractivity contribution in [1.82, 2.24) is 4.90 Å². The fourth-order valence-corrected chi connectivity index (χ4v) is 3.33. The van der Waals surface area contributed by atoms with Crippen molar-refractivity contribution in [3.8, 4) is 5.75 Å². The lowest BCUT2D eigenvalue weighted by Gasteiger charge is -2.16. The van der Waals surface area contributed by atoms with E-state index in [2.05, 4.69) is 17.5 Å². The molecule has 2 N–H and O–H groups in total. The van der Waals surface area contributed by atoms with Gasteiger partial charge in [-0.1, -0.05) is 44.2 Å². The normalized spacial score (nSPS) is 17.3. The third-order valence-corrected chi connectivity index (χ3v) is 4.95. The molecular weight excluding hydrogens is 409 g/mol. The molecule has 0 amide bonds. The lowest BCUT2D eigenvalue weighted by Crippen LogP contribution is -2.20. The molecule has 0 aromatic heterocycles. The summed E-state index contributed by atoms with van der Waals surface area (Å²) >= 11 is 4.36. The number of nitrogens with two attached hydrogens (primary N) is 1. The van der Waals surface area contributed by atoms with Gasteiger partial charge in [-0.2, -0.15) is 25.8 Å². The maximum atomic E-state index is 12.5. The van der Waals surface area contributed by atoms with Crippen LogP contribution in [0.3, 0.4) is 0 Å². The van der Waals surface area contributed by atoms with E-state index in [1.807, 2.05) is 45.0 Å². The van der Waals surface area contributed by atoms with Crippen LogP contribution in [0.1, 0.15) is 49.9 Å². The molecule has 0 spiro atoms. The van der Waals surface area contributed by atoms with Crippen LogP contribution in [0.25, 0.3) is 0 Å². The summed E-state index contributed by atoms with van der Waals surface area (Å²) in [6.07, 6.45) is -3.25. The van der Waals surface area contributed by atoms with Gasteiger partial charge in [0.25, 0.3) is 0 Å². The first-order valence-corrected chi connectivity index (χ1v) is 10.7. The molecule has 1 heterocycles. The van der Waals surface area contributed by atoms with E-state index < -0.39 is 11.7 Å². The molecule has 30 heavy (non-hydrogen) atoms. The average molecular weight is 443 g/mol. The Morgan fingerprint density at radius 3 is 2.37 bits per heavy atom. The summed E-state index contributed by atoms with van der Waals surface area (Å²) in [4.78, 5) is 2.13. The molecule has 0 aliphatic carbocycles. The predicted molar refractivity (Wildman–Crippen MR) is 121 cm³/mol. The number of hydrogen-bond donors (Lipinski definition) is 2. The summed E-state index contributed by atoms with van der Waals surface area (Å²) < 4.78 is 42.6. The fourth-order valence-electron chi connectivity index (χ4n) is 2.98. The van der Waals surface area contributed by atoms with E-state index in [0.29, 0.717) is 17.4 Å². The molecule has 7 heteroatoms. The first kappa shape index (κ1) is 26.3. The summed E-state index contributed by atoms with van der Waals surface area (Å²) in [5, 5.41) is 0.348. The van der Waals surface area contributed by atoms with Gasteiger partial charge in [-0.05, 0) is 49.2 Å². The summed E-state index contributed by atoms with van der Waals surface area (Å²) in [7, 11) is 1.65. The predicted octanol–water partition coefficient (Wildman–Crippen LogP) is 5.95. The van der Waals surface area contributed by atoms with Crippen molar-refractivity contribution in [2.75, 3.05) is 20.2 Å². The Kier molecular flexibility index (Phi) is 11.3. The van der Waals surface area contributed by atoms with Crippen LogP contribution in [0.5, 0.6) is 5.75 Å². The van der Waals surface area contributed by atoms with Crippen LogP contribution in [-0.4, -0.2) is 30.3 Å². The minimum atomic E-state index is -4.26. The average Bonchev–Trinajstić information content (AvgIpc) is 3.14. The number of nitrogens with zero attached hydrogens (tertiary/aromatic N) is 1. The molecule has 2 aromatic carbocycles. The number of benzene rings is 2. The number of halogens is 3. The smallest absolute Gasteiger partial charge is 0.416 e. The van der Waals surface area contributed by atoms with Gasteiger partial charge in [-0.15, -0.1) is 0 Å². The van der Waals surface area contributed by atoms with Gasteiger partial charge in [0.05, 0.1) is 12.7 Å². The van der Waals surface area contributed by atoms with Gasteiger partial charge < -0.3 is 10.5 Å². The standard InChI is InChI=1S/C12H14F3NS.C9H13NO.C2H6/c13-12(14,15)10-3-1-2-9(6-10)7-16-5-4-11(17)8-16;1-7(10)8-4-3-5-9(6-8)11-2;1-2/h1-3,6,11,17H,4-5,7-8H2;3-7H,10H2,1-2H3;1-2H3/t11-;7-;/m01./s1. The molecular formula is C23H33F3N2OS. The molecule has 168 valence electrons. The molecule has 3 rings (SSSR count). The largest absolute Gasteiger partial charge is 0.497 e. The van der Waals surface area contributed by atoms with E-state index in [1.165, 1.54) is 12.1 Å². The highest BCUT2D eigenvalue weighted by molar-refractivity contribution is 7.81. The summed E-state index contributed by atoms with van der Waals surface area (Å²) in [6, 6.07) is 13.4. The summed E-state index contributed by atoms with van der Waals surface area (Å²) in [6.45, 7) is 8.28.